The molecule has 0 saturated heterocycles. The molecule has 0 radical (unpaired) electrons. The number of carbonyl (C=O) groups is 1. The number of hydrogen-bond donors (Lipinski definition) is 1. The van der Waals surface area contributed by atoms with E-state index in [0.717, 1.165) is 18.1 Å². The average Bonchev–Trinajstić information content (AvgIpc) is 2.67. The van der Waals surface area contributed by atoms with Crippen LogP contribution in [0.2, 0.25) is 0 Å². The zero-order valence-electron chi connectivity index (χ0n) is 15.9. The van der Waals surface area contributed by atoms with Crippen molar-refractivity contribution in [2.45, 2.75) is 33.4 Å². The minimum Gasteiger partial charge on any atom is -0.350 e. The van der Waals surface area contributed by atoms with Crippen LogP contribution in [0, 0.1) is 0 Å². The Morgan fingerprint density at radius 1 is 1.04 bits per heavy atom. The Hall–Kier alpha value is -3.21. The predicted molar refractivity (Wildman–Crippen MR) is 110 cm³/mol. The molecule has 0 aliphatic heterocycles. The van der Waals surface area contributed by atoms with Crippen LogP contribution in [0.15, 0.2) is 67.0 Å². The first-order valence-corrected chi connectivity index (χ1v) is 9.03. The lowest BCUT2D eigenvalue weighted by atomic mass is 10.1. The lowest BCUT2D eigenvalue weighted by Crippen LogP contribution is -2.31. The Labute approximate surface area is 160 Å². The Morgan fingerprint density at radius 2 is 1.81 bits per heavy atom. The van der Waals surface area contributed by atoms with Gasteiger partial charge in [0.05, 0.1) is 0 Å². The highest BCUT2D eigenvalue weighted by molar-refractivity contribution is 5.95. The van der Waals surface area contributed by atoms with Crippen molar-refractivity contribution in [3.63, 3.8) is 0 Å². The Balaban J connectivity index is 1.83. The first kappa shape index (κ1) is 18.6. The molecule has 27 heavy (non-hydrogen) atoms. The summed E-state index contributed by atoms with van der Waals surface area (Å²) in [4.78, 5) is 22.6. The van der Waals surface area contributed by atoms with Gasteiger partial charge in [0.25, 0.3) is 0 Å². The number of anilines is 3. The van der Waals surface area contributed by atoms with Gasteiger partial charge < -0.3 is 10.2 Å². The predicted octanol–water partition coefficient (Wildman–Crippen LogP) is 4.84. The van der Waals surface area contributed by atoms with E-state index in [1.165, 1.54) is 5.56 Å². The second-order valence-corrected chi connectivity index (χ2v) is 6.73. The van der Waals surface area contributed by atoms with Crippen molar-refractivity contribution in [1.82, 2.24) is 9.97 Å². The summed E-state index contributed by atoms with van der Waals surface area (Å²) in [5.74, 6) is 1.59. The van der Waals surface area contributed by atoms with Crippen LogP contribution in [0.3, 0.4) is 0 Å². The highest BCUT2D eigenvalue weighted by atomic mass is 16.1. The fourth-order valence-corrected chi connectivity index (χ4v) is 2.84. The molecule has 3 rings (SSSR count). The van der Waals surface area contributed by atoms with Crippen LogP contribution in [0.1, 0.15) is 36.7 Å². The molecule has 0 bridgehead atoms. The van der Waals surface area contributed by atoms with Crippen molar-refractivity contribution in [3.8, 4) is 0 Å². The molecule has 0 fully saturated rings. The number of carbonyl (C=O) groups excluding carboxylic acids is 1. The molecule has 2 aromatic carbocycles. The number of ketones is 1. The molecule has 5 nitrogen and oxygen atoms in total. The lowest BCUT2D eigenvalue weighted by Gasteiger charge is -2.28. The largest absolute Gasteiger partial charge is 0.350 e. The van der Waals surface area contributed by atoms with Gasteiger partial charge in [0.1, 0.15) is 18.0 Å². The summed E-state index contributed by atoms with van der Waals surface area (Å²) in [6, 6.07) is 20.0. The molecule has 1 aromatic heterocycles. The van der Waals surface area contributed by atoms with Crippen molar-refractivity contribution in [2.75, 3.05) is 10.2 Å². The molecular weight excluding hydrogens is 336 g/mol. The maximum atomic E-state index is 11.6. The van der Waals surface area contributed by atoms with E-state index in [2.05, 4.69) is 46.2 Å². The second-order valence-electron chi connectivity index (χ2n) is 6.73. The van der Waals surface area contributed by atoms with Gasteiger partial charge in [-0.3, -0.25) is 4.79 Å². The third-order valence-corrected chi connectivity index (χ3v) is 4.31. The van der Waals surface area contributed by atoms with E-state index in [0.29, 0.717) is 11.4 Å². The number of nitrogens with one attached hydrogen (secondary N) is 1. The van der Waals surface area contributed by atoms with Gasteiger partial charge in [-0.15, -0.1) is 0 Å². The summed E-state index contributed by atoms with van der Waals surface area (Å²) in [5, 5.41) is 3.27. The molecule has 3 aromatic rings. The van der Waals surface area contributed by atoms with Gasteiger partial charge in [0, 0.05) is 29.9 Å². The van der Waals surface area contributed by atoms with E-state index >= 15 is 0 Å². The molecule has 5 heteroatoms. The average molecular weight is 360 g/mol. The Kier molecular flexibility index (Phi) is 5.81. The number of benzene rings is 2. The fraction of sp³-hybridized carbons (Fsp3) is 0.227. The van der Waals surface area contributed by atoms with E-state index in [1.807, 2.05) is 42.5 Å². The molecular formula is C22H24N4O. The van der Waals surface area contributed by atoms with Crippen LogP contribution in [-0.4, -0.2) is 21.8 Å². The first-order chi connectivity index (χ1) is 13.0. The van der Waals surface area contributed by atoms with Crippen LogP contribution in [0.25, 0.3) is 0 Å². The molecule has 0 atom stereocenters. The number of rotatable bonds is 7. The second kappa shape index (κ2) is 8.45. The lowest BCUT2D eigenvalue weighted by molar-refractivity contribution is 0.101. The fourth-order valence-electron chi connectivity index (χ4n) is 2.84. The molecule has 1 N–H and O–H groups in total. The van der Waals surface area contributed by atoms with Gasteiger partial charge in [0.2, 0.25) is 0 Å². The zero-order chi connectivity index (χ0) is 19.2. The normalized spacial score (nSPS) is 10.7. The van der Waals surface area contributed by atoms with E-state index in [4.69, 9.17) is 0 Å². The number of hydrogen-bond acceptors (Lipinski definition) is 5. The van der Waals surface area contributed by atoms with Crippen molar-refractivity contribution in [3.05, 3.63) is 78.1 Å². The summed E-state index contributed by atoms with van der Waals surface area (Å²) < 4.78 is 0. The molecule has 138 valence electrons. The maximum Gasteiger partial charge on any atom is 0.159 e. The molecule has 0 amide bonds. The smallest absolute Gasteiger partial charge is 0.159 e. The number of aromatic nitrogens is 2. The summed E-state index contributed by atoms with van der Waals surface area (Å²) in [7, 11) is 0. The van der Waals surface area contributed by atoms with Crippen molar-refractivity contribution in [1.29, 1.82) is 0 Å². The third kappa shape index (κ3) is 4.91. The third-order valence-electron chi connectivity index (χ3n) is 4.31. The summed E-state index contributed by atoms with van der Waals surface area (Å²) in [6.07, 6.45) is 1.56. The van der Waals surface area contributed by atoms with E-state index < -0.39 is 0 Å². The molecule has 0 unspecified atom stereocenters. The van der Waals surface area contributed by atoms with Crippen LogP contribution >= 0.6 is 0 Å². The topological polar surface area (TPSA) is 58.1 Å². The first-order valence-electron chi connectivity index (χ1n) is 9.03. The molecule has 0 aliphatic rings. The standard InChI is InChI=1S/C22H24N4O/c1-16(2)26(14-18-8-5-4-6-9-18)22-13-21(23-15-24-22)25-20-11-7-10-19(12-20)17(3)27/h4-13,15-16H,14H2,1-3H3,(H,23,24,25). The Morgan fingerprint density at radius 3 is 2.52 bits per heavy atom. The monoisotopic (exact) mass is 360 g/mol. The highest BCUT2D eigenvalue weighted by Gasteiger charge is 2.14. The van der Waals surface area contributed by atoms with Gasteiger partial charge >= 0.3 is 0 Å². The molecule has 0 aliphatic carbocycles. The minimum atomic E-state index is 0.0378. The highest BCUT2D eigenvalue weighted by Crippen LogP contribution is 2.22. The van der Waals surface area contributed by atoms with E-state index in [-0.39, 0.29) is 11.8 Å². The van der Waals surface area contributed by atoms with Gasteiger partial charge in [-0.2, -0.15) is 0 Å². The summed E-state index contributed by atoms with van der Waals surface area (Å²) in [6.45, 7) is 6.63. The maximum absolute atomic E-state index is 11.6. The quantitative estimate of drug-likeness (QED) is 0.611. The van der Waals surface area contributed by atoms with E-state index in [1.54, 1.807) is 19.3 Å². The summed E-state index contributed by atoms with van der Waals surface area (Å²) >= 11 is 0. The molecule has 0 spiro atoms. The van der Waals surface area contributed by atoms with Crippen LogP contribution in [0.5, 0.6) is 0 Å². The van der Waals surface area contributed by atoms with Crippen molar-refractivity contribution >= 4 is 23.1 Å². The summed E-state index contributed by atoms with van der Waals surface area (Å²) in [5.41, 5.74) is 2.72. The number of nitrogens with zero attached hydrogens (tertiary/aromatic N) is 3. The van der Waals surface area contributed by atoms with Crippen molar-refractivity contribution in [2.24, 2.45) is 0 Å². The Bertz CT molecular complexity index is 909. The number of Topliss-reactive ketones (excluding diaryl/α,β-unsaturated/α-hetero) is 1. The van der Waals surface area contributed by atoms with Gasteiger partial charge in [-0.1, -0.05) is 42.5 Å². The van der Waals surface area contributed by atoms with Gasteiger partial charge in [-0.05, 0) is 38.5 Å². The molecule has 0 saturated carbocycles. The zero-order valence-corrected chi connectivity index (χ0v) is 15.9. The van der Waals surface area contributed by atoms with Crippen LogP contribution in [0.4, 0.5) is 17.3 Å². The van der Waals surface area contributed by atoms with Crippen LogP contribution in [-0.2, 0) is 6.54 Å². The van der Waals surface area contributed by atoms with E-state index in [9.17, 15) is 4.79 Å². The minimum absolute atomic E-state index is 0.0378. The van der Waals surface area contributed by atoms with Gasteiger partial charge in [-0.25, -0.2) is 9.97 Å². The van der Waals surface area contributed by atoms with Crippen LogP contribution < -0.4 is 10.2 Å². The van der Waals surface area contributed by atoms with Gasteiger partial charge in [0.15, 0.2) is 5.78 Å². The SMILES string of the molecule is CC(=O)c1cccc(Nc2cc(N(Cc3ccccc3)C(C)C)ncn2)c1. The molecule has 1 heterocycles. The van der Waals surface area contributed by atoms with Crippen molar-refractivity contribution < 1.29 is 4.79 Å².